The van der Waals surface area contributed by atoms with Crippen molar-refractivity contribution in [2.45, 2.75) is 33.0 Å². The Morgan fingerprint density at radius 2 is 2.06 bits per heavy atom. The molecule has 0 heterocycles. The molecular formula is C14H17NO2. The molecule has 0 amide bonds. The third-order valence-corrected chi connectivity index (χ3v) is 1.95. The third-order valence-electron chi connectivity index (χ3n) is 1.95. The molecule has 0 aliphatic rings. The van der Waals surface area contributed by atoms with Gasteiger partial charge in [0.15, 0.2) is 0 Å². The molecule has 0 unspecified atom stereocenters. The zero-order valence-electron chi connectivity index (χ0n) is 10.4. The largest absolute Gasteiger partial charge is 0.488 e. The number of rotatable bonds is 3. The lowest BCUT2D eigenvalue weighted by Gasteiger charge is -2.22. The van der Waals surface area contributed by atoms with Crippen LogP contribution in [0.2, 0.25) is 0 Å². The summed E-state index contributed by atoms with van der Waals surface area (Å²) in [6.07, 6.45) is 3.09. The Bertz CT molecular complexity index is 450. The Kier molecular flexibility index (Phi) is 4.30. The van der Waals surface area contributed by atoms with Gasteiger partial charge in [-0.05, 0) is 56.2 Å². The number of hydrogen-bond acceptors (Lipinski definition) is 3. The minimum atomic E-state index is -0.287. The van der Waals surface area contributed by atoms with E-state index in [1.165, 1.54) is 6.08 Å². The summed E-state index contributed by atoms with van der Waals surface area (Å²) in [5.41, 5.74) is 1.33. The molecule has 0 aliphatic heterocycles. The highest BCUT2D eigenvalue weighted by atomic mass is 16.5. The number of nitriles is 1. The van der Waals surface area contributed by atoms with Crippen LogP contribution >= 0.6 is 0 Å². The van der Waals surface area contributed by atoms with Gasteiger partial charge in [-0.2, -0.15) is 5.26 Å². The average Bonchev–Trinajstić information content (AvgIpc) is 2.23. The van der Waals surface area contributed by atoms with Crippen LogP contribution in [0.25, 0.3) is 6.08 Å². The second-order valence-electron chi connectivity index (χ2n) is 4.75. The van der Waals surface area contributed by atoms with Crippen molar-refractivity contribution in [3.05, 3.63) is 35.4 Å². The highest BCUT2D eigenvalue weighted by Crippen LogP contribution is 2.22. The van der Waals surface area contributed by atoms with Gasteiger partial charge in [-0.15, -0.1) is 0 Å². The van der Waals surface area contributed by atoms with Gasteiger partial charge >= 0.3 is 0 Å². The highest BCUT2D eigenvalue weighted by molar-refractivity contribution is 5.55. The van der Waals surface area contributed by atoms with Crippen molar-refractivity contribution >= 4 is 6.08 Å². The standard InChI is InChI=1S/C14H17NO2/c1-14(2,3)17-13-8-11(5-4-6-15)7-12(9-13)10-16/h4-5,7-9,16H,10H2,1-3H3/b5-4+. The van der Waals surface area contributed by atoms with E-state index in [9.17, 15) is 0 Å². The van der Waals surface area contributed by atoms with Crippen LogP contribution < -0.4 is 4.74 Å². The molecule has 0 atom stereocenters. The smallest absolute Gasteiger partial charge is 0.121 e. The van der Waals surface area contributed by atoms with Crippen LogP contribution in [0.1, 0.15) is 31.9 Å². The molecule has 17 heavy (non-hydrogen) atoms. The molecule has 0 saturated heterocycles. The Morgan fingerprint density at radius 3 is 2.59 bits per heavy atom. The van der Waals surface area contributed by atoms with Gasteiger partial charge in [0.25, 0.3) is 0 Å². The number of benzene rings is 1. The molecule has 0 bridgehead atoms. The normalized spacial score (nSPS) is 11.5. The Balaban J connectivity index is 3.06. The predicted molar refractivity (Wildman–Crippen MR) is 67.4 cm³/mol. The number of nitrogens with zero attached hydrogens (tertiary/aromatic N) is 1. The summed E-state index contributed by atoms with van der Waals surface area (Å²) in [4.78, 5) is 0. The van der Waals surface area contributed by atoms with E-state index in [0.717, 1.165) is 11.1 Å². The monoisotopic (exact) mass is 231 g/mol. The topological polar surface area (TPSA) is 53.2 Å². The van der Waals surface area contributed by atoms with Gasteiger partial charge < -0.3 is 9.84 Å². The number of hydrogen-bond donors (Lipinski definition) is 1. The molecule has 1 N–H and O–H groups in total. The van der Waals surface area contributed by atoms with Crippen molar-refractivity contribution in [1.29, 1.82) is 5.26 Å². The molecule has 0 radical (unpaired) electrons. The molecule has 0 aliphatic carbocycles. The molecule has 1 aromatic rings. The van der Waals surface area contributed by atoms with Crippen molar-refractivity contribution in [2.75, 3.05) is 0 Å². The Morgan fingerprint density at radius 1 is 1.35 bits per heavy atom. The van der Waals surface area contributed by atoms with Crippen LogP contribution in [0.5, 0.6) is 5.75 Å². The second kappa shape index (κ2) is 5.51. The summed E-state index contributed by atoms with van der Waals surface area (Å²) in [7, 11) is 0. The SMILES string of the molecule is CC(C)(C)Oc1cc(/C=C/C#N)cc(CO)c1. The van der Waals surface area contributed by atoms with Crippen LogP contribution in [-0.2, 0) is 6.61 Å². The maximum Gasteiger partial charge on any atom is 0.121 e. The summed E-state index contributed by atoms with van der Waals surface area (Å²) >= 11 is 0. The molecule has 90 valence electrons. The lowest BCUT2D eigenvalue weighted by atomic mass is 10.1. The zero-order valence-corrected chi connectivity index (χ0v) is 10.4. The fraction of sp³-hybridized carbons (Fsp3) is 0.357. The molecule has 1 aromatic carbocycles. The van der Waals surface area contributed by atoms with Gasteiger partial charge in [-0.25, -0.2) is 0 Å². The van der Waals surface area contributed by atoms with Gasteiger partial charge in [-0.3, -0.25) is 0 Å². The number of allylic oxidation sites excluding steroid dienone is 1. The summed E-state index contributed by atoms with van der Waals surface area (Å²) in [5.74, 6) is 0.696. The van der Waals surface area contributed by atoms with Gasteiger partial charge in [0.1, 0.15) is 11.4 Å². The van der Waals surface area contributed by atoms with E-state index in [1.54, 1.807) is 12.1 Å². The minimum absolute atomic E-state index is 0.0469. The van der Waals surface area contributed by atoms with Gasteiger partial charge in [0.2, 0.25) is 0 Å². The quantitative estimate of drug-likeness (QED) is 0.814. The molecule has 0 saturated carbocycles. The average molecular weight is 231 g/mol. The molecule has 0 spiro atoms. The summed E-state index contributed by atoms with van der Waals surface area (Å²) in [5, 5.41) is 17.7. The van der Waals surface area contributed by atoms with Crippen LogP contribution in [0.15, 0.2) is 24.3 Å². The molecule has 3 nitrogen and oxygen atoms in total. The van der Waals surface area contributed by atoms with E-state index in [4.69, 9.17) is 15.1 Å². The summed E-state index contributed by atoms with van der Waals surface area (Å²) in [6.45, 7) is 5.84. The van der Waals surface area contributed by atoms with E-state index in [-0.39, 0.29) is 12.2 Å². The van der Waals surface area contributed by atoms with E-state index in [0.29, 0.717) is 5.75 Å². The first-order valence-corrected chi connectivity index (χ1v) is 5.44. The van der Waals surface area contributed by atoms with Crippen LogP contribution in [0, 0.1) is 11.3 Å². The minimum Gasteiger partial charge on any atom is -0.488 e. The van der Waals surface area contributed by atoms with Crippen molar-refractivity contribution in [1.82, 2.24) is 0 Å². The van der Waals surface area contributed by atoms with Gasteiger partial charge in [0.05, 0.1) is 12.7 Å². The Labute approximate surface area is 102 Å². The third kappa shape index (κ3) is 4.71. The molecule has 0 fully saturated rings. The number of ether oxygens (including phenoxy) is 1. The molecule has 0 aromatic heterocycles. The first-order valence-electron chi connectivity index (χ1n) is 5.44. The van der Waals surface area contributed by atoms with Gasteiger partial charge in [-0.1, -0.05) is 0 Å². The maximum atomic E-state index is 9.17. The summed E-state index contributed by atoms with van der Waals surface area (Å²) < 4.78 is 5.74. The number of aliphatic hydroxyl groups is 1. The highest BCUT2D eigenvalue weighted by Gasteiger charge is 2.12. The fourth-order valence-corrected chi connectivity index (χ4v) is 1.42. The van der Waals surface area contributed by atoms with E-state index < -0.39 is 0 Å². The van der Waals surface area contributed by atoms with Crippen molar-refractivity contribution < 1.29 is 9.84 Å². The van der Waals surface area contributed by atoms with Crippen molar-refractivity contribution in [3.63, 3.8) is 0 Å². The molecule has 3 heteroatoms. The zero-order chi connectivity index (χ0) is 12.9. The van der Waals surface area contributed by atoms with Crippen LogP contribution in [-0.4, -0.2) is 10.7 Å². The first-order chi connectivity index (χ1) is 7.94. The van der Waals surface area contributed by atoms with Crippen molar-refractivity contribution in [2.24, 2.45) is 0 Å². The Hall–Kier alpha value is -1.79. The lowest BCUT2D eigenvalue weighted by Crippen LogP contribution is -2.23. The van der Waals surface area contributed by atoms with Crippen molar-refractivity contribution in [3.8, 4) is 11.8 Å². The predicted octanol–water partition coefficient (Wildman–Crippen LogP) is 2.89. The first kappa shape index (κ1) is 13.3. The van der Waals surface area contributed by atoms with Gasteiger partial charge in [0, 0.05) is 6.08 Å². The van der Waals surface area contributed by atoms with Crippen LogP contribution in [0.3, 0.4) is 0 Å². The maximum absolute atomic E-state index is 9.17. The van der Waals surface area contributed by atoms with E-state index in [1.807, 2.05) is 39.0 Å². The molecule has 1 rings (SSSR count). The fourth-order valence-electron chi connectivity index (χ4n) is 1.42. The van der Waals surface area contributed by atoms with E-state index in [2.05, 4.69) is 0 Å². The second-order valence-corrected chi connectivity index (χ2v) is 4.75. The summed E-state index contributed by atoms with van der Waals surface area (Å²) in [6, 6.07) is 7.41. The van der Waals surface area contributed by atoms with Crippen LogP contribution in [0.4, 0.5) is 0 Å². The number of aliphatic hydroxyl groups excluding tert-OH is 1. The molecular weight excluding hydrogens is 214 g/mol. The lowest BCUT2D eigenvalue weighted by molar-refractivity contribution is 0.130. The van der Waals surface area contributed by atoms with E-state index >= 15 is 0 Å².